The molecule has 1 unspecified atom stereocenters. The Labute approximate surface area is 124 Å². The lowest BCUT2D eigenvalue weighted by Gasteiger charge is -2.16. The van der Waals surface area contributed by atoms with Crippen LogP contribution in [0.1, 0.15) is 18.5 Å². The summed E-state index contributed by atoms with van der Waals surface area (Å²) in [5.74, 6) is 0. The van der Waals surface area contributed by atoms with Crippen molar-refractivity contribution in [2.75, 3.05) is 6.54 Å². The second kappa shape index (κ2) is 6.50. The van der Waals surface area contributed by atoms with Crippen LogP contribution in [0.2, 0.25) is 0 Å². The second-order valence-electron chi connectivity index (χ2n) is 4.11. The highest BCUT2D eigenvalue weighted by molar-refractivity contribution is 9.11. The first-order valence-electron chi connectivity index (χ1n) is 5.82. The minimum Gasteiger partial charge on any atom is -0.308 e. The molecule has 2 rings (SSSR count). The van der Waals surface area contributed by atoms with Crippen molar-refractivity contribution < 1.29 is 0 Å². The van der Waals surface area contributed by atoms with E-state index in [1.54, 1.807) is 6.20 Å². The summed E-state index contributed by atoms with van der Waals surface area (Å²) in [6.07, 6.45) is 3.77. The van der Waals surface area contributed by atoms with Crippen LogP contribution in [0.4, 0.5) is 0 Å². The topological polar surface area (TPSA) is 29.9 Å². The Morgan fingerprint density at radius 2 is 2.22 bits per heavy atom. The van der Waals surface area contributed by atoms with Gasteiger partial charge in [0.2, 0.25) is 0 Å². The van der Waals surface area contributed by atoms with Gasteiger partial charge in [-0.2, -0.15) is 5.10 Å². The molecule has 96 valence electrons. The molecule has 18 heavy (non-hydrogen) atoms. The van der Waals surface area contributed by atoms with Crippen LogP contribution < -0.4 is 5.32 Å². The SMILES string of the molecule is CC(NCCn1cccn1)c1ccc(Br)cc1Br. The summed E-state index contributed by atoms with van der Waals surface area (Å²) in [6, 6.07) is 8.50. The molecule has 0 aliphatic rings. The molecule has 0 saturated carbocycles. The quantitative estimate of drug-likeness (QED) is 0.865. The highest BCUT2D eigenvalue weighted by Gasteiger charge is 2.08. The van der Waals surface area contributed by atoms with E-state index < -0.39 is 0 Å². The zero-order chi connectivity index (χ0) is 13.0. The van der Waals surface area contributed by atoms with Crippen LogP contribution in [0.25, 0.3) is 0 Å². The van der Waals surface area contributed by atoms with Gasteiger partial charge >= 0.3 is 0 Å². The largest absolute Gasteiger partial charge is 0.308 e. The average Bonchev–Trinajstić information content (AvgIpc) is 2.81. The van der Waals surface area contributed by atoms with Crippen LogP contribution in [0.15, 0.2) is 45.6 Å². The molecule has 0 radical (unpaired) electrons. The third-order valence-electron chi connectivity index (χ3n) is 2.78. The van der Waals surface area contributed by atoms with Crippen LogP contribution in [0.3, 0.4) is 0 Å². The monoisotopic (exact) mass is 371 g/mol. The molecule has 1 N–H and O–H groups in total. The standard InChI is InChI=1S/C13H15Br2N3/c1-10(12-4-3-11(14)9-13(12)15)16-6-8-18-7-2-5-17-18/h2-5,7,9-10,16H,6,8H2,1H3. The van der Waals surface area contributed by atoms with E-state index in [0.29, 0.717) is 6.04 Å². The van der Waals surface area contributed by atoms with Gasteiger partial charge in [-0.05, 0) is 30.7 Å². The van der Waals surface area contributed by atoms with Crippen LogP contribution in [0, 0.1) is 0 Å². The second-order valence-corrected chi connectivity index (χ2v) is 5.88. The Kier molecular flexibility index (Phi) is 4.97. The normalized spacial score (nSPS) is 12.6. The van der Waals surface area contributed by atoms with Crippen molar-refractivity contribution in [2.45, 2.75) is 19.5 Å². The van der Waals surface area contributed by atoms with E-state index in [9.17, 15) is 0 Å². The maximum absolute atomic E-state index is 4.18. The molecule has 0 aliphatic carbocycles. The zero-order valence-corrected chi connectivity index (χ0v) is 13.3. The van der Waals surface area contributed by atoms with Crippen molar-refractivity contribution in [2.24, 2.45) is 0 Å². The summed E-state index contributed by atoms with van der Waals surface area (Å²) < 4.78 is 4.13. The maximum Gasteiger partial charge on any atom is 0.0534 e. The first-order valence-corrected chi connectivity index (χ1v) is 7.41. The summed E-state index contributed by atoms with van der Waals surface area (Å²) in [5, 5.41) is 7.67. The first-order chi connectivity index (χ1) is 8.66. The molecule has 0 amide bonds. The average molecular weight is 373 g/mol. The van der Waals surface area contributed by atoms with Crippen LogP contribution in [-0.2, 0) is 6.54 Å². The Morgan fingerprint density at radius 3 is 2.89 bits per heavy atom. The molecule has 0 fully saturated rings. The number of aromatic nitrogens is 2. The van der Waals surface area contributed by atoms with E-state index in [1.165, 1.54) is 5.56 Å². The molecule has 1 atom stereocenters. The Bertz CT molecular complexity index is 497. The molecule has 1 heterocycles. The van der Waals surface area contributed by atoms with Gasteiger partial charge in [-0.15, -0.1) is 0 Å². The van der Waals surface area contributed by atoms with Crippen molar-refractivity contribution in [1.29, 1.82) is 0 Å². The number of hydrogen-bond acceptors (Lipinski definition) is 2. The third-order valence-corrected chi connectivity index (χ3v) is 3.96. The Balaban J connectivity index is 1.89. The highest BCUT2D eigenvalue weighted by Crippen LogP contribution is 2.26. The van der Waals surface area contributed by atoms with Gasteiger partial charge in [-0.1, -0.05) is 37.9 Å². The van der Waals surface area contributed by atoms with Gasteiger partial charge in [0, 0.05) is 33.9 Å². The zero-order valence-electron chi connectivity index (χ0n) is 10.1. The Hall–Kier alpha value is -0.650. The molecular formula is C13H15Br2N3. The summed E-state index contributed by atoms with van der Waals surface area (Å²) in [7, 11) is 0. The summed E-state index contributed by atoms with van der Waals surface area (Å²) >= 11 is 7.05. The lowest BCUT2D eigenvalue weighted by molar-refractivity contribution is 0.506. The first kappa shape index (κ1) is 13.8. The summed E-state index contributed by atoms with van der Waals surface area (Å²) in [4.78, 5) is 0. The molecular weight excluding hydrogens is 358 g/mol. The predicted octanol–water partition coefficient (Wildman–Crippen LogP) is 3.76. The van der Waals surface area contributed by atoms with Crippen molar-refractivity contribution in [3.8, 4) is 0 Å². The molecule has 1 aromatic heterocycles. The van der Waals surface area contributed by atoms with Gasteiger partial charge in [0.25, 0.3) is 0 Å². The fourth-order valence-corrected chi connectivity index (χ4v) is 3.18. The minimum atomic E-state index is 0.308. The van der Waals surface area contributed by atoms with Crippen molar-refractivity contribution in [1.82, 2.24) is 15.1 Å². The number of rotatable bonds is 5. The van der Waals surface area contributed by atoms with Crippen molar-refractivity contribution in [3.05, 3.63) is 51.2 Å². The van der Waals surface area contributed by atoms with Gasteiger partial charge < -0.3 is 5.32 Å². The minimum absolute atomic E-state index is 0.308. The lowest BCUT2D eigenvalue weighted by atomic mass is 10.1. The van der Waals surface area contributed by atoms with Gasteiger partial charge in [0.05, 0.1) is 6.54 Å². The van der Waals surface area contributed by atoms with E-state index >= 15 is 0 Å². The fraction of sp³-hybridized carbons (Fsp3) is 0.308. The van der Waals surface area contributed by atoms with E-state index in [4.69, 9.17) is 0 Å². The molecule has 0 bridgehead atoms. The molecule has 0 aliphatic heterocycles. The number of hydrogen-bond donors (Lipinski definition) is 1. The van der Waals surface area contributed by atoms with Crippen LogP contribution in [0.5, 0.6) is 0 Å². The van der Waals surface area contributed by atoms with Gasteiger partial charge in [-0.25, -0.2) is 0 Å². The number of nitrogens with one attached hydrogen (secondary N) is 1. The van der Waals surface area contributed by atoms with E-state index in [2.05, 4.69) is 67.4 Å². The smallest absolute Gasteiger partial charge is 0.0534 e. The van der Waals surface area contributed by atoms with E-state index in [1.807, 2.05) is 16.9 Å². The predicted molar refractivity (Wildman–Crippen MR) is 80.5 cm³/mol. The summed E-state index contributed by atoms with van der Waals surface area (Å²) in [5.41, 5.74) is 1.26. The molecule has 1 aromatic carbocycles. The van der Waals surface area contributed by atoms with Crippen molar-refractivity contribution in [3.63, 3.8) is 0 Å². The van der Waals surface area contributed by atoms with E-state index in [-0.39, 0.29) is 0 Å². The third kappa shape index (κ3) is 3.67. The number of nitrogens with zero attached hydrogens (tertiary/aromatic N) is 2. The van der Waals surface area contributed by atoms with Crippen LogP contribution in [-0.4, -0.2) is 16.3 Å². The lowest BCUT2D eigenvalue weighted by Crippen LogP contribution is -2.23. The molecule has 2 aromatic rings. The van der Waals surface area contributed by atoms with Crippen molar-refractivity contribution >= 4 is 31.9 Å². The van der Waals surface area contributed by atoms with Gasteiger partial charge in [0.15, 0.2) is 0 Å². The number of halogens is 2. The number of benzene rings is 1. The van der Waals surface area contributed by atoms with Gasteiger partial charge in [-0.3, -0.25) is 4.68 Å². The molecule has 0 saturated heterocycles. The Morgan fingerprint density at radius 1 is 1.39 bits per heavy atom. The van der Waals surface area contributed by atoms with Gasteiger partial charge in [0.1, 0.15) is 0 Å². The van der Waals surface area contributed by atoms with E-state index in [0.717, 1.165) is 22.0 Å². The molecule has 3 nitrogen and oxygen atoms in total. The maximum atomic E-state index is 4.18. The fourth-order valence-electron chi connectivity index (χ4n) is 1.79. The summed E-state index contributed by atoms with van der Waals surface area (Å²) in [6.45, 7) is 3.94. The molecule has 0 spiro atoms. The van der Waals surface area contributed by atoms with Crippen LogP contribution >= 0.6 is 31.9 Å². The highest BCUT2D eigenvalue weighted by atomic mass is 79.9. The molecule has 5 heteroatoms.